The molecule has 2 atom stereocenters. The predicted molar refractivity (Wildman–Crippen MR) is 62.3 cm³/mol. The fourth-order valence-corrected chi connectivity index (χ4v) is 4.42. The van der Waals surface area contributed by atoms with E-state index in [9.17, 15) is 9.59 Å². The summed E-state index contributed by atoms with van der Waals surface area (Å²) in [7, 11) is 0. The zero-order valence-electron chi connectivity index (χ0n) is 10.5. The van der Waals surface area contributed by atoms with Crippen LogP contribution in [0.15, 0.2) is 0 Å². The lowest BCUT2D eigenvalue weighted by atomic mass is 9.55. The molecule has 7 nitrogen and oxygen atoms in total. The second kappa shape index (κ2) is 4.35. The van der Waals surface area contributed by atoms with Crippen molar-refractivity contribution in [3.05, 3.63) is 0 Å². The number of fused-ring (bicyclic) bond motifs is 1. The molecule has 7 heteroatoms. The highest BCUT2D eigenvalue weighted by molar-refractivity contribution is 5.70. The molecule has 1 amide bonds. The maximum absolute atomic E-state index is 11.0. The number of amides is 1. The summed E-state index contributed by atoms with van der Waals surface area (Å²) in [4.78, 5) is 25.8. The van der Waals surface area contributed by atoms with Crippen LogP contribution in [0.5, 0.6) is 0 Å². The molecular weight excluding hydrogens is 252 g/mol. The van der Waals surface area contributed by atoms with Gasteiger partial charge in [-0.05, 0) is 42.9 Å². The first-order valence-electron chi connectivity index (χ1n) is 6.50. The smallest absolute Gasteiger partial charge is 0.404 e. The minimum absolute atomic E-state index is 0.0922. The normalized spacial score (nSPS) is 41.7. The van der Waals surface area contributed by atoms with E-state index in [2.05, 4.69) is 4.84 Å². The second-order valence-electron chi connectivity index (χ2n) is 5.86. The van der Waals surface area contributed by atoms with Crippen LogP contribution in [-0.4, -0.2) is 30.9 Å². The van der Waals surface area contributed by atoms with Crippen LogP contribution < -0.4 is 11.6 Å². The average molecular weight is 270 g/mol. The maximum atomic E-state index is 11.0. The van der Waals surface area contributed by atoms with Gasteiger partial charge in [0, 0.05) is 0 Å². The lowest BCUT2D eigenvalue weighted by molar-refractivity contribution is -0.161. The number of primary amides is 1. The highest BCUT2D eigenvalue weighted by Crippen LogP contribution is 2.69. The highest BCUT2D eigenvalue weighted by Gasteiger charge is 2.67. The van der Waals surface area contributed by atoms with Crippen molar-refractivity contribution in [2.75, 3.05) is 13.2 Å². The molecule has 0 aromatic heterocycles. The van der Waals surface area contributed by atoms with Crippen LogP contribution in [0.3, 0.4) is 0 Å². The summed E-state index contributed by atoms with van der Waals surface area (Å²) in [6.07, 6.45) is 2.10. The van der Waals surface area contributed by atoms with E-state index in [4.69, 9.17) is 21.1 Å². The summed E-state index contributed by atoms with van der Waals surface area (Å²) in [5, 5.41) is 0. The van der Waals surface area contributed by atoms with Crippen LogP contribution in [0.25, 0.3) is 0 Å². The van der Waals surface area contributed by atoms with Crippen molar-refractivity contribution in [3.8, 4) is 0 Å². The Labute approximate surface area is 110 Å². The van der Waals surface area contributed by atoms with Gasteiger partial charge in [0.05, 0.1) is 12.2 Å². The van der Waals surface area contributed by atoms with Crippen LogP contribution in [-0.2, 0) is 19.1 Å². The van der Waals surface area contributed by atoms with Gasteiger partial charge >= 0.3 is 12.1 Å². The van der Waals surface area contributed by atoms with E-state index < -0.39 is 12.1 Å². The molecule has 0 spiro atoms. The fraction of sp³-hybridized carbons (Fsp3) is 0.833. The average Bonchev–Trinajstić information content (AvgIpc) is 2.88. The van der Waals surface area contributed by atoms with Crippen molar-refractivity contribution >= 4 is 12.1 Å². The highest BCUT2D eigenvalue weighted by atomic mass is 16.7. The summed E-state index contributed by atoms with van der Waals surface area (Å²) >= 11 is 0. The third-order valence-electron chi connectivity index (χ3n) is 5.07. The number of rotatable bonds is 5. The first kappa shape index (κ1) is 12.7. The second-order valence-corrected chi connectivity index (χ2v) is 5.86. The molecule has 19 heavy (non-hydrogen) atoms. The maximum Gasteiger partial charge on any atom is 0.404 e. The van der Waals surface area contributed by atoms with Gasteiger partial charge in [-0.25, -0.2) is 9.59 Å². The molecule has 0 aromatic rings. The molecule has 0 heterocycles. The lowest BCUT2D eigenvalue weighted by Gasteiger charge is -2.51. The van der Waals surface area contributed by atoms with E-state index in [-0.39, 0.29) is 12.2 Å². The van der Waals surface area contributed by atoms with Gasteiger partial charge in [0.2, 0.25) is 0 Å². The molecule has 3 saturated carbocycles. The number of nitrogens with two attached hydrogens (primary N) is 2. The van der Waals surface area contributed by atoms with Crippen molar-refractivity contribution in [2.45, 2.75) is 24.9 Å². The van der Waals surface area contributed by atoms with Gasteiger partial charge in [-0.2, -0.15) is 5.90 Å². The van der Waals surface area contributed by atoms with E-state index in [0.717, 1.165) is 19.3 Å². The monoisotopic (exact) mass is 270 g/mol. The molecule has 3 rings (SSSR count). The molecule has 0 radical (unpaired) electrons. The van der Waals surface area contributed by atoms with Crippen molar-refractivity contribution < 1.29 is 23.9 Å². The Morgan fingerprint density at radius 2 is 1.79 bits per heavy atom. The molecule has 3 fully saturated rings. The molecular formula is C12H18N2O5. The van der Waals surface area contributed by atoms with Crippen LogP contribution in [0.2, 0.25) is 0 Å². The van der Waals surface area contributed by atoms with Crippen LogP contribution in [0, 0.1) is 23.7 Å². The number of ether oxygens (including phenoxy) is 2. The Balaban J connectivity index is 1.54. The van der Waals surface area contributed by atoms with Gasteiger partial charge in [-0.3, -0.25) is 0 Å². The van der Waals surface area contributed by atoms with Gasteiger partial charge in [-0.1, -0.05) is 0 Å². The van der Waals surface area contributed by atoms with Gasteiger partial charge in [0.15, 0.2) is 0 Å². The predicted octanol–water partition coefficient (Wildman–Crippen LogP) is -0.0701. The molecule has 106 valence electrons. The van der Waals surface area contributed by atoms with Crippen molar-refractivity contribution in [2.24, 2.45) is 35.3 Å². The minimum Gasteiger partial charge on any atom is -0.449 e. The molecule has 4 N–H and O–H groups in total. The molecule has 3 aliphatic rings. The van der Waals surface area contributed by atoms with Crippen LogP contribution in [0.4, 0.5) is 4.79 Å². The standard InChI is InChI=1S/C12H18N2O5/c13-11(16)17-4-9-7-2-12(18-5-10(15)19-14)1-6(7)8(9)3-12/h6-9H,1-5,14H2,(H2,13,16). The summed E-state index contributed by atoms with van der Waals surface area (Å²) in [5.41, 5.74) is 4.79. The summed E-state index contributed by atoms with van der Waals surface area (Å²) in [6.45, 7) is 0.313. The molecule has 2 unspecified atom stereocenters. The number of carbonyl (C=O) groups excluding carboxylic acids is 2. The number of carbonyl (C=O) groups is 2. The summed E-state index contributed by atoms with van der Waals surface area (Å²) < 4.78 is 10.6. The van der Waals surface area contributed by atoms with E-state index in [1.807, 2.05) is 0 Å². The Morgan fingerprint density at radius 1 is 1.16 bits per heavy atom. The topological polar surface area (TPSA) is 114 Å². The molecule has 2 bridgehead atoms. The fourth-order valence-electron chi connectivity index (χ4n) is 4.42. The zero-order chi connectivity index (χ0) is 13.6. The minimum atomic E-state index is -0.714. The third-order valence-corrected chi connectivity index (χ3v) is 5.07. The molecule has 3 aliphatic carbocycles. The van der Waals surface area contributed by atoms with Crippen molar-refractivity contribution in [1.29, 1.82) is 0 Å². The van der Waals surface area contributed by atoms with Gasteiger partial charge in [0.1, 0.15) is 6.61 Å². The lowest BCUT2D eigenvalue weighted by Crippen LogP contribution is -2.50. The van der Waals surface area contributed by atoms with E-state index >= 15 is 0 Å². The van der Waals surface area contributed by atoms with Crippen molar-refractivity contribution in [3.63, 3.8) is 0 Å². The zero-order valence-corrected chi connectivity index (χ0v) is 10.5. The third kappa shape index (κ3) is 1.97. The largest absolute Gasteiger partial charge is 0.449 e. The van der Waals surface area contributed by atoms with Gasteiger partial charge in [-0.15, -0.1) is 0 Å². The Morgan fingerprint density at radius 3 is 2.37 bits per heavy atom. The van der Waals surface area contributed by atoms with Gasteiger partial charge in [0.25, 0.3) is 0 Å². The number of hydrogen-bond acceptors (Lipinski definition) is 6. The molecule has 0 aliphatic heterocycles. The quantitative estimate of drug-likeness (QED) is 0.676. The van der Waals surface area contributed by atoms with E-state index in [1.54, 1.807) is 0 Å². The summed E-state index contributed by atoms with van der Waals surface area (Å²) in [6, 6.07) is 0. The van der Waals surface area contributed by atoms with E-state index in [0.29, 0.717) is 30.3 Å². The Hall–Kier alpha value is -1.34. The first-order valence-corrected chi connectivity index (χ1v) is 6.50. The van der Waals surface area contributed by atoms with Crippen LogP contribution >= 0.6 is 0 Å². The SMILES string of the molecule is NOC(=O)COC12CC3C(COC(N)=O)C(C1)C3C2. The van der Waals surface area contributed by atoms with Crippen molar-refractivity contribution in [1.82, 2.24) is 0 Å². The first-order chi connectivity index (χ1) is 9.04. The molecule has 0 aromatic carbocycles. The summed E-state index contributed by atoms with van der Waals surface area (Å²) in [5.74, 6) is 6.32. The number of hydrogen-bond donors (Lipinski definition) is 2. The Bertz CT molecular complexity index is 399. The van der Waals surface area contributed by atoms with Crippen LogP contribution in [0.1, 0.15) is 19.3 Å². The van der Waals surface area contributed by atoms with E-state index in [1.165, 1.54) is 0 Å². The Kier molecular flexibility index (Phi) is 2.90. The van der Waals surface area contributed by atoms with Gasteiger partial charge < -0.3 is 20.0 Å². The molecule has 0 saturated heterocycles.